The Morgan fingerprint density at radius 2 is 2.07 bits per heavy atom. The summed E-state index contributed by atoms with van der Waals surface area (Å²) in [6.45, 7) is 7.29. The average Bonchev–Trinajstić information content (AvgIpc) is 2.07. The molecule has 0 radical (unpaired) electrons. The minimum absolute atomic E-state index is 0.191. The van der Waals surface area contributed by atoms with Gasteiger partial charge in [0.05, 0.1) is 5.92 Å². The molecule has 3 heteroatoms. The Balaban J connectivity index is 2.86. The molecule has 0 saturated carbocycles. The van der Waals surface area contributed by atoms with Crippen LogP contribution >= 0.6 is 0 Å². The summed E-state index contributed by atoms with van der Waals surface area (Å²) in [5.74, 6) is -0.128. The molecule has 0 aromatic carbocycles. The van der Waals surface area contributed by atoms with Gasteiger partial charge in [0, 0.05) is 6.04 Å². The second-order valence-corrected chi connectivity index (χ2v) is 4.85. The number of aliphatic carboxylic acids is 1. The summed E-state index contributed by atoms with van der Waals surface area (Å²) in [4.78, 5) is 13.4. The van der Waals surface area contributed by atoms with Crippen LogP contribution in [0.4, 0.5) is 0 Å². The minimum atomic E-state index is -0.636. The fourth-order valence-corrected chi connectivity index (χ4v) is 2.66. The maximum Gasteiger partial charge on any atom is 0.308 e. The van der Waals surface area contributed by atoms with E-state index in [9.17, 15) is 9.90 Å². The van der Waals surface area contributed by atoms with E-state index in [0.29, 0.717) is 11.8 Å². The van der Waals surface area contributed by atoms with Crippen molar-refractivity contribution < 1.29 is 9.90 Å². The summed E-state index contributed by atoms with van der Waals surface area (Å²) in [6, 6.07) is 0.191. The first-order chi connectivity index (χ1) is 6.45. The molecule has 3 nitrogen and oxygen atoms in total. The number of hydrogen-bond acceptors (Lipinski definition) is 2. The molecule has 0 aromatic rings. The van der Waals surface area contributed by atoms with Crippen LogP contribution in [-0.2, 0) is 4.79 Å². The molecule has 3 atom stereocenters. The molecule has 0 bridgehead atoms. The van der Waals surface area contributed by atoms with Gasteiger partial charge in [0.1, 0.15) is 0 Å². The number of carboxylic acid groups (broad SMARTS) is 1. The van der Waals surface area contributed by atoms with E-state index in [-0.39, 0.29) is 12.0 Å². The molecule has 0 amide bonds. The summed E-state index contributed by atoms with van der Waals surface area (Å²) < 4.78 is 0. The molecular weight excluding hydrogens is 178 g/mol. The normalized spacial score (nSPS) is 34.8. The first-order valence-corrected chi connectivity index (χ1v) is 5.38. The van der Waals surface area contributed by atoms with Crippen LogP contribution in [0, 0.1) is 17.8 Å². The maximum atomic E-state index is 11.2. The van der Waals surface area contributed by atoms with Gasteiger partial charge in [0.25, 0.3) is 0 Å². The van der Waals surface area contributed by atoms with Crippen molar-refractivity contribution in [2.45, 2.75) is 33.2 Å². The SMILES string of the molecule is CC(C)C1C(C(=O)O)C(C)CCN1C. The monoisotopic (exact) mass is 199 g/mol. The minimum Gasteiger partial charge on any atom is -0.481 e. The molecular formula is C11H21NO2. The van der Waals surface area contributed by atoms with E-state index in [1.54, 1.807) is 0 Å². The van der Waals surface area contributed by atoms with E-state index >= 15 is 0 Å². The molecule has 1 aliphatic rings. The highest BCUT2D eigenvalue weighted by atomic mass is 16.4. The molecule has 1 saturated heterocycles. The summed E-state index contributed by atoms with van der Waals surface area (Å²) in [5.41, 5.74) is 0. The quantitative estimate of drug-likeness (QED) is 0.735. The van der Waals surface area contributed by atoms with Crippen molar-refractivity contribution in [3.8, 4) is 0 Å². The number of nitrogens with zero attached hydrogens (tertiary/aromatic N) is 1. The second-order valence-electron chi connectivity index (χ2n) is 4.85. The molecule has 1 N–H and O–H groups in total. The van der Waals surface area contributed by atoms with Crippen molar-refractivity contribution >= 4 is 5.97 Å². The van der Waals surface area contributed by atoms with Gasteiger partial charge in [-0.3, -0.25) is 4.79 Å². The third-order valence-electron chi connectivity index (χ3n) is 3.40. The van der Waals surface area contributed by atoms with Crippen molar-refractivity contribution in [2.24, 2.45) is 17.8 Å². The highest BCUT2D eigenvalue weighted by molar-refractivity contribution is 5.71. The van der Waals surface area contributed by atoms with Gasteiger partial charge >= 0.3 is 5.97 Å². The Hall–Kier alpha value is -0.570. The molecule has 3 unspecified atom stereocenters. The van der Waals surface area contributed by atoms with E-state index < -0.39 is 5.97 Å². The zero-order valence-corrected chi connectivity index (χ0v) is 9.53. The standard InChI is InChI=1S/C11H21NO2/c1-7(2)10-9(11(13)14)8(3)5-6-12(10)4/h7-10H,5-6H2,1-4H3,(H,13,14). The number of hydrogen-bond donors (Lipinski definition) is 1. The Kier molecular flexibility index (Phi) is 3.53. The average molecular weight is 199 g/mol. The molecule has 1 aliphatic heterocycles. The molecule has 0 aliphatic carbocycles. The number of rotatable bonds is 2. The Morgan fingerprint density at radius 3 is 2.43 bits per heavy atom. The largest absolute Gasteiger partial charge is 0.481 e. The van der Waals surface area contributed by atoms with Gasteiger partial charge in [-0.2, -0.15) is 0 Å². The van der Waals surface area contributed by atoms with E-state index in [4.69, 9.17) is 0 Å². The van der Waals surface area contributed by atoms with Crippen LogP contribution in [0.25, 0.3) is 0 Å². The van der Waals surface area contributed by atoms with Crippen LogP contribution in [-0.4, -0.2) is 35.6 Å². The predicted octanol–water partition coefficient (Wildman–Crippen LogP) is 1.68. The number of likely N-dealkylation sites (tertiary alicyclic amines) is 1. The van der Waals surface area contributed by atoms with Crippen LogP contribution in [0.5, 0.6) is 0 Å². The second kappa shape index (κ2) is 4.30. The summed E-state index contributed by atoms with van der Waals surface area (Å²) in [6.07, 6.45) is 0.997. The number of piperidine rings is 1. The molecule has 0 spiro atoms. The zero-order chi connectivity index (χ0) is 10.9. The number of carboxylic acids is 1. The smallest absolute Gasteiger partial charge is 0.308 e. The Labute approximate surface area is 86.1 Å². The first kappa shape index (κ1) is 11.5. The molecule has 1 heterocycles. The van der Waals surface area contributed by atoms with Gasteiger partial charge in [-0.1, -0.05) is 20.8 Å². The molecule has 1 rings (SSSR count). The van der Waals surface area contributed by atoms with Crippen molar-refractivity contribution in [1.29, 1.82) is 0 Å². The lowest BCUT2D eigenvalue weighted by Crippen LogP contribution is -2.52. The molecule has 1 fully saturated rings. The maximum absolute atomic E-state index is 11.2. The molecule has 0 aromatic heterocycles. The first-order valence-electron chi connectivity index (χ1n) is 5.38. The van der Waals surface area contributed by atoms with Gasteiger partial charge in [-0.25, -0.2) is 0 Å². The Morgan fingerprint density at radius 1 is 1.50 bits per heavy atom. The third-order valence-corrected chi connectivity index (χ3v) is 3.40. The van der Waals surface area contributed by atoms with Crippen molar-refractivity contribution in [1.82, 2.24) is 4.90 Å². The van der Waals surface area contributed by atoms with Gasteiger partial charge < -0.3 is 10.0 Å². The highest BCUT2D eigenvalue weighted by Gasteiger charge is 2.40. The van der Waals surface area contributed by atoms with Crippen LogP contribution in [0.1, 0.15) is 27.2 Å². The summed E-state index contributed by atoms with van der Waals surface area (Å²) in [7, 11) is 2.03. The van der Waals surface area contributed by atoms with Crippen LogP contribution in [0.3, 0.4) is 0 Å². The van der Waals surface area contributed by atoms with Crippen molar-refractivity contribution in [3.05, 3.63) is 0 Å². The van der Waals surface area contributed by atoms with E-state index in [0.717, 1.165) is 13.0 Å². The van der Waals surface area contributed by atoms with Crippen molar-refractivity contribution in [3.63, 3.8) is 0 Å². The molecule has 82 valence electrons. The van der Waals surface area contributed by atoms with Crippen LogP contribution in [0.15, 0.2) is 0 Å². The fraction of sp³-hybridized carbons (Fsp3) is 0.909. The Bertz CT molecular complexity index is 215. The van der Waals surface area contributed by atoms with Gasteiger partial charge in [-0.15, -0.1) is 0 Å². The van der Waals surface area contributed by atoms with E-state index in [2.05, 4.69) is 25.7 Å². The van der Waals surface area contributed by atoms with Crippen molar-refractivity contribution in [2.75, 3.05) is 13.6 Å². The van der Waals surface area contributed by atoms with Crippen LogP contribution < -0.4 is 0 Å². The summed E-state index contributed by atoms with van der Waals surface area (Å²) >= 11 is 0. The third kappa shape index (κ3) is 2.08. The lowest BCUT2D eigenvalue weighted by Gasteiger charge is -2.43. The van der Waals surface area contributed by atoms with Gasteiger partial charge in [0.15, 0.2) is 0 Å². The van der Waals surface area contributed by atoms with E-state index in [1.807, 2.05) is 7.05 Å². The zero-order valence-electron chi connectivity index (χ0n) is 9.53. The topological polar surface area (TPSA) is 40.5 Å². The van der Waals surface area contributed by atoms with Gasteiger partial charge in [-0.05, 0) is 31.8 Å². The number of carbonyl (C=O) groups is 1. The summed E-state index contributed by atoms with van der Waals surface area (Å²) in [5, 5.41) is 9.22. The lowest BCUT2D eigenvalue weighted by atomic mass is 9.76. The highest BCUT2D eigenvalue weighted by Crippen LogP contribution is 2.32. The van der Waals surface area contributed by atoms with E-state index in [1.165, 1.54) is 0 Å². The van der Waals surface area contributed by atoms with Crippen LogP contribution in [0.2, 0.25) is 0 Å². The predicted molar refractivity (Wildman–Crippen MR) is 56.2 cm³/mol. The molecule has 14 heavy (non-hydrogen) atoms. The van der Waals surface area contributed by atoms with Gasteiger partial charge in [0.2, 0.25) is 0 Å². The lowest BCUT2D eigenvalue weighted by molar-refractivity contribution is -0.149. The fourth-order valence-electron chi connectivity index (χ4n) is 2.66.